The van der Waals surface area contributed by atoms with Crippen molar-refractivity contribution in [3.05, 3.63) is 66.6 Å². The number of aromatic nitrogens is 2. The number of nitrogens with one attached hydrogen (secondary N) is 1. The topological polar surface area (TPSA) is 68.2 Å². The minimum Gasteiger partial charge on any atom is -0.370 e. The molecule has 0 saturated carbocycles. The first-order valence-electron chi connectivity index (χ1n) is 8.30. The van der Waals surface area contributed by atoms with Gasteiger partial charge >= 0.3 is 0 Å². The number of fused-ring (bicyclic) bond motifs is 1. The highest BCUT2D eigenvalue weighted by molar-refractivity contribution is 5.80. The minimum atomic E-state index is 0.503. The normalized spacial score (nSPS) is 11.8. The van der Waals surface area contributed by atoms with Gasteiger partial charge < -0.3 is 15.6 Å². The fourth-order valence-electron chi connectivity index (χ4n) is 2.70. The van der Waals surface area contributed by atoms with Gasteiger partial charge in [0.15, 0.2) is 5.96 Å². The van der Waals surface area contributed by atoms with E-state index in [1.807, 2.05) is 18.2 Å². The van der Waals surface area contributed by atoms with E-state index >= 15 is 0 Å². The lowest BCUT2D eigenvalue weighted by Gasteiger charge is -2.06. The quantitative estimate of drug-likeness (QED) is 0.399. The van der Waals surface area contributed by atoms with Crippen molar-refractivity contribution in [2.24, 2.45) is 10.7 Å². The molecular formula is C19H23N5. The minimum absolute atomic E-state index is 0.503. The second-order valence-corrected chi connectivity index (χ2v) is 5.69. The lowest BCUT2D eigenvalue weighted by Crippen LogP contribution is -2.33. The van der Waals surface area contributed by atoms with Crippen LogP contribution in [0.25, 0.3) is 10.9 Å². The Morgan fingerprint density at radius 3 is 2.88 bits per heavy atom. The maximum absolute atomic E-state index is 5.90. The van der Waals surface area contributed by atoms with E-state index < -0.39 is 0 Å². The van der Waals surface area contributed by atoms with Crippen LogP contribution >= 0.6 is 0 Å². The Kier molecular flexibility index (Phi) is 5.45. The van der Waals surface area contributed by atoms with Crippen molar-refractivity contribution >= 4 is 16.9 Å². The van der Waals surface area contributed by atoms with Gasteiger partial charge in [-0.2, -0.15) is 0 Å². The first-order valence-corrected chi connectivity index (χ1v) is 8.30. The van der Waals surface area contributed by atoms with Crippen LogP contribution in [-0.4, -0.2) is 28.6 Å². The largest absolute Gasteiger partial charge is 0.370 e. The van der Waals surface area contributed by atoms with Gasteiger partial charge in [-0.1, -0.05) is 24.3 Å². The molecule has 24 heavy (non-hydrogen) atoms. The van der Waals surface area contributed by atoms with Crippen LogP contribution in [0.15, 0.2) is 65.9 Å². The zero-order valence-corrected chi connectivity index (χ0v) is 13.7. The third kappa shape index (κ3) is 4.35. The number of aliphatic imine (C=N–C) groups is 1. The van der Waals surface area contributed by atoms with Crippen molar-refractivity contribution in [1.29, 1.82) is 0 Å². The van der Waals surface area contributed by atoms with Crippen molar-refractivity contribution in [2.45, 2.75) is 19.4 Å². The molecule has 0 aliphatic carbocycles. The SMILES string of the molecule is NC(=NCCCn1ccc2ccccc21)NCCc1ccccn1. The Morgan fingerprint density at radius 1 is 1.12 bits per heavy atom. The van der Waals surface area contributed by atoms with Crippen LogP contribution in [0.3, 0.4) is 0 Å². The van der Waals surface area contributed by atoms with Crippen LogP contribution < -0.4 is 11.1 Å². The molecule has 0 atom stereocenters. The average molecular weight is 321 g/mol. The number of benzene rings is 1. The molecule has 0 saturated heterocycles. The van der Waals surface area contributed by atoms with Gasteiger partial charge in [0, 0.05) is 49.7 Å². The summed E-state index contributed by atoms with van der Waals surface area (Å²) in [6.07, 6.45) is 5.73. The van der Waals surface area contributed by atoms with Gasteiger partial charge in [0.05, 0.1) is 0 Å². The molecule has 3 N–H and O–H groups in total. The molecule has 3 rings (SSSR count). The maximum Gasteiger partial charge on any atom is 0.188 e. The Balaban J connectivity index is 1.39. The molecule has 0 aliphatic rings. The summed E-state index contributed by atoms with van der Waals surface area (Å²) in [5.41, 5.74) is 8.22. The van der Waals surface area contributed by atoms with E-state index in [0.717, 1.165) is 38.2 Å². The molecular weight excluding hydrogens is 298 g/mol. The Labute approximate surface area is 142 Å². The predicted octanol–water partition coefficient (Wildman–Crippen LogP) is 2.57. The average Bonchev–Trinajstić information content (AvgIpc) is 3.03. The summed E-state index contributed by atoms with van der Waals surface area (Å²) in [5.74, 6) is 0.503. The number of guanidine groups is 1. The van der Waals surface area contributed by atoms with Gasteiger partial charge in [-0.25, -0.2) is 0 Å². The van der Waals surface area contributed by atoms with Crippen LogP contribution in [0.4, 0.5) is 0 Å². The van der Waals surface area contributed by atoms with Gasteiger partial charge in [0.25, 0.3) is 0 Å². The second kappa shape index (κ2) is 8.15. The number of aryl methyl sites for hydroxylation is 1. The molecule has 0 bridgehead atoms. The van der Waals surface area contributed by atoms with Gasteiger partial charge in [-0.15, -0.1) is 0 Å². The summed E-state index contributed by atoms with van der Waals surface area (Å²) in [4.78, 5) is 8.67. The second-order valence-electron chi connectivity index (χ2n) is 5.69. The summed E-state index contributed by atoms with van der Waals surface area (Å²) in [7, 11) is 0. The monoisotopic (exact) mass is 321 g/mol. The van der Waals surface area contributed by atoms with E-state index in [0.29, 0.717) is 5.96 Å². The number of hydrogen-bond donors (Lipinski definition) is 2. The summed E-state index contributed by atoms with van der Waals surface area (Å²) >= 11 is 0. The van der Waals surface area contributed by atoms with Gasteiger partial charge in [0.1, 0.15) is 0 Å². The van der Waals surface area contributed by atoms with Gasteiger partial charge in [0.2, 0.25) is 0 Å². The summed E-state index contributed by atoms with van der Waals surface area (Å²) in [6, 6.07) is 16.5. The number of nitrogens with two attached hydrogens (primary N) is 1. The van der Waals surface area contributed by atoms with E-state index in [4.69, 9.17) is 5.73 Å². The van der Waals surface area contributed by atoms with Crippen LogP contribution in [-0.2, 0) is 13.0 Å². The van der Waals surface area contributed by atoms with E-state index in [9.17, 15) is 0 Å². The zero-order valence-electron chi connectivity index (χ0n) is 13.7. The number of pyridine rings is 1. The third-order valence-corrected chi connectivity index (χ3v) is 3.93. The van der Waals surface area contributed by atoms with E-state index in [1.165, 1.54) is 10.9 Å². The van der Waals surface area contributed by atoms with E-state index in [1.54, 1.807) is 6.20 Å². The maximum atomic E-state index is 5.90. The van der Waals surface area contributed by atoms with Crippen molar-refractivity contribution in [2.75, 3.05) is 13.1 Å². The summed E-state index contributed by atoms with van der Waals surface area (Å²) in [5, 5.41) is 4.41. The van der Waals surface area contributed by atoms with Crippen LogP contribution in [0, 0.1) is 0 Å². The summed E-state index contributed by atoms with van der Waals surface area (Å²) < 4.78 is 2.26. The molecule has 0 amide bonds. The third-order valence-electron chi connectivity index (χ3n) is 3.93. The number of para-hydroxylation sites is 1. The highest BCUT2D eigenvalue weighted by atomic mass is 15.1. The van der Waals surface area contributed by atoms with Crippen LogP contribution in [0.1, 0.15) is 12.1 Å². The first kappa shape index (κ1) is 16.1. The number of hydrogen-bond acceptors (Lipinski definition) is 2. The molecule has 0 radical (unpaired) electrons. The molecule has 0 spiro atoms. The number of nitrogens with zero attached hydrogens (tertiary/aromatic N) is 3. The molecule has 0 unspecified atom stereocenters. The highest BCUT2D eigenvalue weighted by Crippen LogP contribution is 2.15. The van der Waals surface area contributed by atoms with Crippen molar-refractivity contribution in [3.8, 4) is 0 Å². The molecule has 5 nitrogen and oxygen atoms in total. The van der Waals surface area contributed by atoms with Crippen molar-refractivity contribution in [1.82, 2.24) is 14.9 Å². The number of rotatable bonds is 7. The van der Waals surface area contributed by atoms with Crippen LogP contribution in [0.5, 0.6) is 0 Å². The van der Waals surface area contributed by atoms with E-state index in [-0.39, 0.29) is 0 Å². The Bertz CT molecular complexity index is 792. The molecule has 124 valence electrons. The molecule has 2 aromatic heterocycles. The molecule has 3 aromatic rings. The smallest absolute Gasteiger partial charge is 0.188 e. The lowest BCUT2D eigenvalue weighted by molar-refractivity contribution is 0.669. The molecule has 1 aromatic carbocycles. The fraction of sp³-hybridized carbons (Fsp3) is 0.263. The molecule has 0 fully saturated rings. The first-order chi connectivity index (χ1) is 11.8. The molecule has 2 heterocycles. The van der Waals surface area contributed by atoms with E-state index in [2.05, 4.69) is 56.4 Å². The lowest BCUT2D eigenvalue weighted by atomic mass is 10.2. The Morgan fingerprint density at radius 2 is 2.00 bits per heavy atom. The molecule has 0 aliphatic heterocycles. The van der Waals surface area contributed by atoms with Gasteiger partial charge in [-0.3, -0.25) is 9.98 Å². The fourth-order valence-corrected chi connectivity index (χ4v) is 2.70. The van der Waals surface area contributed by atoms with Crippen molar-refractivity contribution < 1.29 is 0 Å². The Hall–Kier alpha value is -2.82. The zero-order chi connectivity index (χ0) is 16.6. The predicted molar refractivity (Wildman–Crippen MR) is 99.0 cm³/mol. The highest BCUT2D eigenvalue weighted by Gasteiger charge is 1.99. The summed E-state index contributed by atoms with van der Waals surface area (Å²) in [6.45, 7) is 2.40. The van der Waals surface area contributed by atoms with Crippen LogP contribution in [0.2, 0.25) is 0 Å². The standard InChI is InChI=1S/C19H23N5/c20-19(23-13-9-17-7-3-4-11-21-17)22-12-5-14-24-15-10-16-6-1-2-8-18(16)24/h1-4,6-8,10-11,15H,5,9,12-14H2,(H3,20,22,23). The van der Waals surface area contributed by atoms with Gasteiger partial charge in [-0.05, 0) is 36.1 Å². The van der Waals surface area contributed by atoms with Crippen molar-refractivity contribution in [3.63, 3.8) is 0 Å². The molecule has 5 heteroatoms.